The van der Waals surface area contributed by atoms with E-state index in [1.54, 1.807) is 36.2 Å². The van der Waals surface area contributed by atoms with Crippen molar-refractivity contribution < 1.29 is 14.3 Å². The van der Waals surface area contributed by atoms with Crippen LogP contribution < -0.4 is 10.5 Å². The number of nitrogen functional groups attached to an aromatic ring is 1. The van der Waals surface area contributed by atoms with Crippen molar-refractivity contribution in [1.82, 2.24) is 4.90 Å². The summed E-state index contributed by atoms with van der Waals surface area (Å²) in [5.41, 5.74) is 6.26. The molecular weight excluding hydrogens is 232 g/mol. The van der Waals surface area contributed by atoms with Crippen molar-refractivity contribution in [3.8, 4) is 5.75 Å². The molecule has 0 bridgehead atoms. The molecule has 1 unspecified atom stereocenters. The molecule has 1 fully saturated rings. The Kier molecular flexibility index (Phi) is 4.04. The van der Waals surface area contributed by atoms with Gasteiger partial charge in [-0.15, -0.1) is 0 Å². The van der Waals surface area contributed by atoms with E-state index >= 15 is 0 Å². The normalized spacial score (nSPS) is 18.6. The number of nitrogens with two attached hydrogens (primary N) is 1. The average Bonchev–Trinajstić information content (AvgIpc) is 2.89. The molecule has 0 aromatic heterocycles. The molecule has 0 saturated carbocycles. The van der Waals surface area contributed by atoms with Crippen LogP contribution in [0.2, 0.25) is 0 Å². The number of carbonyl (C=O) groups excluding carboxylic acids is 1. The van der Waals surface area contributed by atoms with Crippen molar-refractivity contribution in [2.24, 2.45) is 0 Å². The van der Waals surface area contributed by atoms with Gasteiger partial charge >= 0.3 is 0 Å². The number of hydrogen-bond donors (Lipinski definition) is 1. The van der Waals surface area contributed by atoms with Gasteiger partial charge in [0.05, 0.1) is 12.6 Å². The van der Waals surface area contributed by atoms with Crippen LogP contribution in [-0.4, -0.2) is 43.7 Å². The highest BCUT2D eigenvalue weighted by Crippen LogP contribution is 2.15. The summed E-state index contributed by atoms with van der Waals surface area (Å²) in [5.74, 6) is 0.562. The maximum absolute atomic E-state index is 11.9. The van der Waals surface area contributed by atoms with Gasteiger partial charge in [-0.3, -0.25) is 4.79 Å². The van der Waals surface area contributed by atoms with Crippen LogP contribution in [0.1, 0.15) is 6.42 Å². The third-order valence-corrected chi connectivity index (χ3v) is 3.07. The minimum atomic E-state index is -0.0482. The number of likely N-dealkylation sites (N-methyl/N-ethyl adjacent to an activating group) is 1. The molecule has 1 atom stereocenters. The first-order valence-electron chi connectivity index (χ1n) is 5.98. The van der Waals surface area contributed by atoms with E-state index in [0.29, 0.717) is 18.0 Å². The largest absolute Gasteiger partial charge is 0.484 e. The number of ether oxygens (including phenoxy) is 2. The Hall–Kier alpha value is -1.75. The second-order valence-corrected chi connectivity index (χ2v) is 4.38. The van der Waals surface area contributed by atoms with E-state index in [9.17, 15) is 4.79 Å². The average molecular weight is 250 g/mol. The summed E-state index contributed by atoms with van der Waals surface area (Å²) in [6.07, 6.45) is 0.889. The van der Waals surface area contributed by atoms with Crippen LogP contribution in [-0.2, 0) is 9.53 Å². The molecule has 1 amide bonds. The lowest BCUT2D eigenvalue weighted by Crippen LogP contribution is -2.40. The Bertz CT molecular complexity index is 416. The van der Waals surface area contributed by atoms with Gasteiger partial charge in [-0.25, -0.2) is 0 Å². The minimum absolute atomic E-state index is 0.0243. The summed E-state index contributed by atoms with van der Waals surface area (Å²) in [7, 11) is 1.78. The Morgan fingerprint density at radius 2 is 2.44 bits per heavy atom. The summed E-state index contributed by atoms with van der Waals surface area (Å²) >= 11 is 0. The van der Waals surface area contributed by atoms with E-state index in [4.69, 9.17) is 15.2 Å². The number of rotatable bonds is 4. The fourth-order valence-corrected chi connectivity index (χ4v) is 1.88. The van der Waals surface area contributed by atoms with Crippen LogP contribution in [0.25, 0.3) is 0 Å². The van der Waals surface area contributed by atoms with Gasteiger partial charge in [0.25, 0.3) is 5.91 Å². The standard InChI is InChI=1S/C13H18N2O3/c1-15(11-5-6-17-8-11)13(16)9-18-12-4-2-3-10(14)7-12/h2-4,7,11H,5-6,8-9,14H2,1H3. The van der Waals surface area contributed by atoms with Crippen molar-refractivity contribution in [3.63, 3.8) is 0 Å². The fourth-order valence-electron chi connectivity index (χ4n) is 1.88. The molecule has 5 heteroatoms. The maximum Gasteiger partial charge on any atom is 0.260 e. The fraction of sp³-hybridized carbons (Fsp3) is 0.462. The van der Waals surface area contributed by atoms with E-state index in [-0.39, 0.29) is 18.6 Å². The van der Waals surface area contributed by atoms with E-state index in [1.807, 2.05) is 0 Å². The molecule has 1 aliphatic heterocycles. The lowest BCUT2D eigenvalue weighted by molar-refractivity contribution is -0.134. The number of nitrogens with zero attached hydrogens (tertiary/aromatic N) is 1. The summed E-state index contributed by atoms with van der Waals surface area (Å²) < 4.78 is 10.7. The Morgan fingerprint density at radius 1 is 1.61 bits per heavy atom. The van der Waals surface area contributed by atoms with Gasteiger partial charge < -0.3 is 20.1 Å². The second-order valence-electron chi connectivity index (χ2n) is 4.38. The third kappa shape index (κ3) is 3.13. The smallest absolute Gasteiger partial charge is 0.260 e. The molecule has 1 aromatic rings. The summed E-state index contributed by atoms with van der Waals surface area (Å²) in [4.78, 5) is 13.6. The molecule has 0 spiro atoms. The summed E-state index contributed by atoms with van der Waals surface area (Å²) in [6, 6.07) is 7.22. The molecule has 2 rings (SSSR count). The molecular formula is C13H18N2O3. The van der Waals surface area contributed by atoms with Gasteiger partial charge in [0.1, 0.15) is 5.75 Å². The highest BCUT2D eigenvalue weighted by atomic mass is 16.5. The zero-order valence-corrected chi connectivity index (χ0v) is 10.5. The topological polar surface area (TPSA) is 64.8 Å². The molecule has 2 N–H and O–H groups in total. The summed E-state index contributed by atoms with van der Waals surface area (Å²) in [5, 5.41) is 0. The number of carbonyl (C=O) groups is 1. The number of amides is 1. The molecule has 1 aliphatic rings. The molecule has 18 heavy (non-hydrogen) atoms. The monoisotopic (exact) mass is 250 g/mol. The molecule has 0 aliphatic carbocycles. The van der Waals surface area contributed by atoms with Gasteiger partial charge in [-0.2, -0.15) is 0 Å². The highest BCUT2D eigenvalue weighted by Gasteiger charge is 2.24. The molecule has 1 aromatic carbocycles. The highest BCUT2D eigenvalue weighted by molar-refractivity contribution is 5.77. The number of hydrogen-bond acceptors (Lipinski definition) is 4. The van der Waals surface area contributed by atoms with Crippen molar-refractivity contribution >= 4 is 11.6 Å². The molecule has 1 saturated heterocycles. The Morgan fingerprint density at radius 3 is 3.11 bits per heavy atom. The Balaban J connectivity index is 1.84. The zero-order valence-electron chi connectivity index (χ0n) is 10.5. The lowest BCUT2D eigenvalue weighted by atomic mass is 10.2. The quantitative estimate of drug-likeness (QED) is 0.806. The van der Waals surface area contributed by atoms with Gasteiger partial charge in [0.15, 0.2) is 6.61 Å². The first-order valence-corrected chi connectivity index (χ1v) is 5.98. The van der Waals surface area contributed by atoms with Gasteiger partial charge in [-0.1, -0.05) is 6.07 Å². The van der Waals surface area contributed by atoms with Crippen LogP contribution in [0, 0.1) is 0 Å². The van der Waals surface area contributed by atoms with Crippen LogP contribution in [0.5, 0.6) is 5.75 Å². The van der Waals surface area contributed by atoms with E-state index in [2.05, 4.69) is 0 Å². The van der Waals surface area contributed by atoms with E-state index < -0.39 is 0 Å². The van der Waals surface area contributed by atoms with Crippen LogP contribution in [0.4, 0.5) is 5.69 Å². The zero-order chi connectivity index (χ0) is 13.0. The molecule has 0 radical (unpaired) electrons. The van der Waals surface area contributed by atoms with Crippen LogP contribution in [0.3, 0.4) is 0 Å². The van der Waals surface area contributed by atoms with E-state index in [0.717, 1.165) is 13.0 Å². The van der Waals surface area contributed by atoms with E-state index in [1.165, 1.54) is 0 Å². The second kappa shape index (κ2) is 5.73. The first-order chi connectivity index (χ1) is 8.66. The minimum Gasteiger partial charge on any atom is -0.484 e. The maximum atomic E-state index is 11.9. The molecule has 98 valence electrons. The predicted molar refractivity (Wildman–Crippen MR) is 68.3 cm³/mol. The lowest BCUT2D eigenvalue weighted by Gasteiger charge is -2.23. The SMILES string of the molecule is CN(C(=O)COc1cccc(N)c1)C1CCOC1. The summed E-state index contributed by atoms with van der Waals surface area (Å²) in [6.45, 7) is 1.36. The van der Waals surface area contributed by atoms with Crippen molar-refractivity contribution in [3.05, 3.63) is 24.3 Å². The predicted octanol–water partition coefficient (Wildman–Crippen LogP) is 0.895. The Labute approximate surface area is 106 Å². The van der Waals surface area contributed by atoms with Crippen molar-refractivity contribution in [2.45, 2.75) is 12.5 Å². The van der Waals surface area contributed by atoms with Crippen molar-refractivity contribution in [1.29, 1.82) is 0 Å². The molecule has 1 heterocycles. The van der Waals surface area contributed by atoms with Gasteiger partial charge in [-0.05, 0) is 18.6 Å². The van der Waals surface area contributed by atoms with Gasteiger partial charge in [0.2, 0.25) is 0 Å². The van der Waals surface area contributed by atoms with Crippen LogP contribution >= 0.6 is 0 Å². The molecule has 5 nitrogen and oxygen atoms in total. The number of benzene rings is 1. The van der Waals surface area contributed by atoms with Crippen molar-refractivity contribution in [2.75, 3.05) is 32.6 Å². The first kappa shape index (κ1) is 12.7. The van der Waals surface area contributed by atoms with Crippen LogP contribution in [0.15, 0.2) is 24.3 Å². The van der Waals surface area contributed by atoms with Gasteiger partial charge in [0, 0.05) is 25.4 Å². The third-order valence-electron chi connectivity index (χ3n) is 3.07. The number of anilines is 1.